The number of benzene rings is 2. The molecule has 6 rings (SSSR count). The van der Waals surface area contributed by atoms with Crippen LogP contribution in [0.5, 0.6) is 0 Å². The maximum Gasteiger partial charge on any atom is 0.257 e. The molecule has 2 aromatic heterocycles. The van der Waals surface area contributed by atoms with Gasteiger partial charge in [-0.2, -0.15) is 0 Å². The van der Waals surface area contributed by atoms with Crippen molar-refractivity contribution in [1.29, 1.82) is 0 Å². The van der Waals surface area contributed by atoms with Crippen LogP contribution in [-0.4, -0.2) is 39.9 Å². The summed E-state index contributed by atoms with van der Waals surface area (Å²) in [5.74, 6) is 0.425. The maximum atomic E-state index is 13.4. The average Bonchev–Trinajstić information content (AvgIpc) is 3.16. The first-order valence-electron chi connectivity index (χ1n) is 11.5. The Hall–Kier alpha value is -4.13. The predicted molar refractivity (Wildman–Crippen MR) is 132 cm³/mol. The van der Waals surface area contributed by atoms with Crippen LogP contribution < -0.4 is 10.2 Å². The molecule has 2 aliphatic rings. The molecule has 2 amide bonds. The summed E-state index contributed by atoms with van der Waals surface area (Å²) < 4.78 is 2.07. The third-order valence-electron chi connectivity index (χ3n) is 6.89. The van der Waals surface area contributed by atoms with Crippen LogP contribution in [0.2, 0.25) is 0 Å². The summed E-state index contributed by atoms with van der Waals surface area (Å²) in [6.45, 7) is 2.75. The maximum absolute atomic E-state index is 13.4. The van der Waals surface area contributed by atoms with E-state index in [1.165, 1.54) is 5.56 Å². The Morgan fingerprint density at radius 2 is 1.91 bits per heavy atom. The Bertz CT molecular complexity index is 1460. The number of fused-ring (bicyclic) bond motifs is 6. The molecule has 170 valence electrons. The van der Waals surface area contributed by atoms with Crippen LogP contribution in [0.1, 0.15) is 33.3 Å². The van der Waals surface area contributed by atoms with Gasteiger partial charge < -0.3 is 19.7 Å². The number of aryl methyl sites for hydroxylation is 1. The highest BCUT2D eigenvalue weighted by Crippen LogP contribution is 2.44. The molecule has 4 aromatic rings. The van der Waals surface area contributed by atoms with Crippen molar-refractivity contribution in [2.45, 2.75) is 26.1 Å². The van der Waals surface area contributed by atoms with E-state index < -0.39 is 0 Å². The van der Waals surface area contributed by atoms with Crippen molar-refractivity contribution in [2.24, 2.45) is 0 Å². The summed E-state index contributed by atoms with van der Waals surface area (Å²) >= 11 is 0. The number of nitrogens with zero attached hydrogens (tertiary/aromatic N) is 4. The van der Waals surface area contributed by atoms with Crippen LogP contribution in [0.3, 0.4) is 0 Å². The molecular weight excluding hydrogens is 426 g/mol. The van der Waals surface area contributed by atoms with Gasteiger partial charge in [-0.15, -0.1) is 0 Å². The van der Waals surface area contributed by atoms with Crippen molar-refractivity contribution in [3.63, 3.8) is 0 Å². The highest BCUT2D eigenvalue weighted by Gasteiger charge is 2.42. The molecule has 7 nitrogen and oxygen atoms in total. The van der Waals surface area contributed by atoms with Gasteiger partial charge >= 0.3 is 0 Å². The zero-order valence-corrected chi connectivity index (χ0v) is 19.2. The van der Waals surface area contributed by atoms with Gasteiger partial charge in [0.2, 0.25) is 5.91 Å². The lowest BCUT2D eigenvalue weighted by atomic mass is 9.96. The van der Waals surface area contributed by atoms with Crippen molar-refractivity contribution >= 4 is 34.2 Å². The standard InChI is InChI=1S/C27H25N5O2/c1-17-11-13-28-23(15-17)29-24(33)16-32-22-10-6-3-7-18(22)19-12-14-31-26(25(19)32)30(2)21-9-5-4-8-20(21)27(31)34/h3-11,13,15,26H,12,14,16H2,1-2H3,(H,28,29,33)/t26-/m1/s1. The van der Waals surface area contributed by atoms with Crippen molar-refractivity contribution in [1.82, 2.24) is 14.5 Å². The van der Waals surface area contributed by atoms with E-state index in [2.05, 4.69) is 31.9 Å². The van der Waals surface area contributed by atoms with Crippen LogP contribution in [-0.2, 0) is 17.8 Å². The second-order valence-electron chi connectivity index (χ2n) is 8.98. The van der Waals surface area contributed by atoms with Crippen molar-refractivity contribution < 1.29 is 9.59 Å². The van der Waals surface area contributed by atoms with E-state index in [4.69, 9.17) is 0 Å². The summed E-state index contributed by atoms with van der Waals surface area (Å²) in [5.41, 5.74) is 5.87. The second kappa shape index (κ2) is 7.73. The van der Waals surface area contributed by atoms with Gasteiger partial charge in [-0.05, 0) is 54.8 Å². The van der Waals surface area contributed by atoms with Crippen LogP contribution >= 0.6 is 0 Å². The average molecular weight is 452 g/mol. The molecular formula is C27H25N5O2. The van der Waals surface area contributed by atoms with E-state index in [0.717, 1.165) is 39.8 Å². The number of amides is 2. The molecule has 4 heterocycles. The zero-order chi connectivity index (χ0) is 23.4. The molecule has 1 N–H and O–H groups in total. The Labute approximate surface area is 197 Å². The number of hydrogen-bond acceptors (Lipinski definition) is 4. The molecule has 0 bridgehead atoms. The molecule has 0 radical (unpaired) electrons. The molecule has 0 aliphatic carbocycles. The molecule has 0 fully saturated rings. The predicted octanol–water partition coefficient (Wildman–Crippen LogP) is 4.13. The first kappa shape index (κ1) is 20.5. The number of anilines is 2. The third kappa shape index (κ3) is 3.08. The minimum absolute atomic E-state index is 0.0366. The fraction of sp³-hybridized carbons (Fsp3) is 0.222. The normalized spacial score (nSPS) is 16.8. The first-order valence-corrected chi connectivity index (χ1v) is 11.5. The van der Waals surface area contributed by atoms with E-state index >= 15 is 0 Å². The molecule has 2 aliphatic heterocycles. The Morgan fingerprint density at radius 3 is 2.76 bits per heavy atom. The van der Waals surface area contributed by atoms with Gasteiger partial charge in [0.15, 0.2) is 0 Å². The van der Waals surface area contributed by atoms with E-state index in [-0.39, 0.29) is 24.5 Å². The number of aromatic nitrogens is 2. The monoisotopic (exact) mass is 451 g/mol. The summed E-state index contributed by atoms with van der Waals surface area (Å²) in [6, 6.07) is 19.7. The van der Waals surface area contributed by atoms with Gasteiger partial charge in [-0.25, -0.2) is 4.98 Å². The molecule has 7 heteroatoms. The Kier molecular flexibility index (Phi) is 4.65. The van der Waals surface area contributed by atoms with E-state index in [1.807, 2.05) is 67.4 Å². The van der Waals surface area contributed by atoms with Gasteiger partial charge in [0, 0.05) is 30.7 Å². The number of pyridine rings is 1. The molecule has 34 heavy (non-hydrogen) atoms. The van der Waals surface area contributed by atoms with E-state index in [9.17, 15) is 9.59 Å². The van der Waals surface area contributed by atoms with Gasteiger partial charge in [-0.3, -0.25) is 9.59 Å². The SMILES string of the molecule is Cc1ccnc(NC(=O)Cn2c3c(c4ccccc42)CCN2C(=O)c4ccccc4N(C)[C@@H]32)c1. The third-order valence-corrected chi connectivity index (χ3v) is 6.89. The minimum Gasteiger partial charge on any atom is -0.349 e. The highest BCUT2D eigenvalue weighted by molar-refractivity contribution is 6.03. The van der Waals surface area contributed by atoms with Crippen molar-refractivity contribution in [3.05, 3.63) is 89.2 Å². The molecule has 0 saturated heterocycles. The minimum atomic E-state index is -0.275. The summed E-state index contributed by atoms with van der Waals surface area (Å²) in [7, 11) is 2.02. The largest absolute Gasteiger partial charge is 0.349 e. The number of rotatable bonds is 3. The van der Waals surface area contributed by atoms with Crippen LogP contribution in [0.25, 0.3) is 10.9 Å². The topological polar surface area (TPSA) is 70.5 Å². The quantitative estimate of drug-likeness (QED) is 0.509. The lowest BCUT2D eigenvalue weighted by Crippen LogP contribution is -2.51. The highest BCUT2D eigenvalue weighted by atomic mass is 16.2. The van der Waals surface area contributed by atoms with Crippen molar-refractivity contribution in [3.8, 4) is 0 Å². The fourth-order valence-corrected chi connectivity index (χ4v) is 5.41. The molecule has 0 saturated carbocycles. The number of carbonyl (C=O) groups excluding carboxylic acids is 2. The van der Waals surface area contributed by atoms with Crippen LogP contribution in [0, 0.1) is 6.92 Å². The van der Waals surface area contributed by atoms with Crippen molar-refractivity contribution in [2.75, 3.05) is 23.8 Å². The van der Waals surface area contributed by atoms with Gasteiger partial charge in [-0.1, -0.05) is 30.3 Å². The number of hydrogen-bond donors (Lipinski definition) is 1. The fourth-order valence-electron chi connectivity index (χ4n) is 5.41. The molecule has 1 atom stereocenters. The Balaban J connectivity index is 1.46. The number of nitrogens with one attached hydrogen (secondary N) is 1. The number of para-hydroxylation sites is 2. The lowest BCUT2D eigenvalue weighted by Gasteiger charge is -2.46. The van der Waals surface area contributed by atoms with Gasteiger partial charge in [0.05, 0.1) is 16.9 Å². The van der Waals surface area contributed by atoms with E-state index in [1.54, 1.807) is 6.20 Å². The first-order chi connectivity index (χ1) is 16.5. The van der Waals surface area contributed by atoms with Gasteiger partial charge in [0.25, 0.3) is 5.91 Å². The molecule has 2 aromatic carbocycles. The van der Waals surface area contributed by atoms with Crippen LogP contribution in [0.4, 0.5) is 11.5 Å². The number of carbonyl (C=O) groups is 2. The Morgan fingerprint density at radius 1 is 1.12 bits per heavy atom. The summed E-state index contributed by atoms with van der Waals surface area (Å²) in [5, 5.41) is 4.07. The molecule has 0 unspecified atom stereocenters. The van der Waals surface area contributed by atoms with E-state index in [0.29, 0.717) is 12.4 Å². The molecule has 0 spiro atoms. The second-order valence-corrected chi connectivity index (χ2v) is 8.98. The zero-order valence-electron chi connectivity index (χ0n) is 19.2. The summed E-state index contributed by atoms with van der Waals surface area (Å²) in [4.78, 5) is 34.9. The van der Waals surface area contributed by atoms with Crippen LogP contribution in [0.15, 0.2) is 66.9 Å². The smallest absolute Gasteiger partial charge is 0.257 e. The lowest BCUT2D eigenvalue weighted by molar-refractivity contribution is -0.116. The summed E-state index contributed by atoms with van der Waals surface area (Å²) in [6.07, 6.45) is 2.17. The van der Waals surface area contributed by atoms with Gasteiger partial charge in [0.1, 0.15) is 18.5 Å².